The topological polar surface area (TPSA) is 66.9 Å². The van der Waals surface area contributed by atoms with Crippen molar-refractivity contribution < 1.29 is 13.6 Å². The lowest BCUT2D eigenvalue weighted by atomic mass is 10.2. The largest absolute Gasteiger partial charge is 0.354 e. The second-order valence-corrected chi connectivity index (χ2v) is 5.26. The molecule has 2 N–H and O–H groups in total. The summed E-state index contributed by atoms with van der Waals surface area (Å²) >= 11 is 0. The second-order valence-electron chi connectivity index (χ2n) is 5.26. The van der Waals surface area contributed by atoms with Gasteiger partial charge in [0, 0.05) is 36.9 Å². The van der Waals surface area contributed by atoms with Gasteiger partial charge in [0.25, 0.3) is 5.91 Å². The van der Waals surface area contributed by atoms with Crippen LogP contribution in [0.4, 0.5) is 20.2 Å². The smallest absolute Gasteiger partial charge is 0.253 e. The number of carbonyl (C=O) groups excluding carboxylic acids is 1. The van der Waals surface area contributed by atoms with Gasteiger partial charge in [0.15, 0.2) is 11.6 Å². The molecule has 0 fully saturated rings. The Morgan fingerprint density at radius 2 is 1.84 bits per heavy atom. The summed E-state index contributed by atoms with van der Waals surface area (Å²) in [5.74, 6) is -2.18. The molecule has 0 unspecified atom stereocenters. The van der Waals surface area contributed by atoms with Crippen molar-refractivity contribution in [1.29, 1.82) is 0 Å². The summed E-state index contributed by atoms with van der Waals surface area (Å²) in [5, 5.41) is 5.65. The molecule has 7 heteroatoms. The summed E-state index contributed by atoms with van der Waals surface area (Å²) in [7, 11) is 0. The van der Waals surface area contributed by atoms with Gasteiger partial charge in [0.05, 0.1) is 17.4 Å². The quantitative estimate of drug-likeness (QED) is 0.747. The molecule has 25 heavy (non-hydrogen) atoms. The first kappa shape index (κ1) is 16.5. The van der Waals surface area contributed by atoms with E-state index in [1.807, 2.05) is 6.07 Å². The Morgan fingerprint density at radius 1 is 0.960 bits per heavy atom. The molecule has 2 heterocycles. The maximum atomic E-state index is 13.3. The maximum absolute atomic E-state index is 13.3. The number of halogens is 2. The zero-order chi connectivity index (χ0) is 17.6. The molecule has 1 aromatic carbocycles. The molecule has 3 aromatic rings. The van der Waals surface area contributed by atoms with Crippen LogP contribution in [0.25, 0.3) is 0 Å². The number of carbonyl (C=O) groups is 1. The fraction of sp³-hybridized carbons (Fsp3) is 0.0556. The van der Waals surface area contributed by atoms with Gasteiger partial charge in [-0.2, -0.15) is 0 Å². The number of pyridine rings is 2. The Balaban J connectivity index is 1.68. The predicted octanol–water partition coefficient (Wildman–Crippen LogP) is 3.43. The first-order valence-corrected chi connectivity index (χ1v) is 7.46. The average Bonchev–Trinajstić information content (AvgIpc) is 2.64. The van der Waals surface area contributed by atoms with Gasteiger partial charge in [-0.15, -0.1) is 0 Å². The Morgan fingerprint density at radius 3 is 2.60 bits per heavy atom. The number of amides is 1. The van der Waals surface area contributed by atoms with E-state index in [2.05, 4.69) is 20.6 Å². The minimum absolute atomic E-state index is 0.301. The predicted molar refractivity (Wildman–Crippen MR) is 89.3 cm³/mol. The van der Waals surface area contributed by atoms with Crippen molar-refractivity contribution in [1.82, 2.24) is 15.3 Å². The van der Waals surface area contributed by atoms with E-state index in [4.69, 9.17) is 0 Å². The fourth-order valence-corrected chi connectivity index (χ4v) is 2.16. The molecular formula is C18H14F2N4O. The third-order valence-corrected chi connectivity index (χ3v) is 3.38. The molecule has 0 radical (unpaired) electrons. The second kappa shape index (κ2) is 7.48. The van der Waals surface area contributed by atoms with E-state index < -0.39 is 11.6 Å². The Labute approximate surface area is 142 Å². The molecule has 0 atom stereocenters. The number of nitrogens with zero attached hydrogens (tertiary/aromatic N) is 2. The van der Waals surface area contributed by atoms with Crippen LogP contribution in [0, 0.1) is 11.6 Å². The maximum Gasteiger partial charge on any atom is 0.253 e. The Kier molecular flexibility index (Phi) is 4.94. The molecule has 0 saturated heterocycles. The Bertz CT molecular complexity index is 887. The fourth-order valence-electron chi connectivity index (χ4n) is 2.16. The van der Waals surface area contributed by atoms with Gasteiger partial charge in [-0.25, -0.2) is 8.78 Å². The molecule has 126 valence electrons. The minimum atomic E-state index is -0.955. The van der Waals surface area contributed by atoms with Gasteiger partial charge in [0.1, 0.15) is 0 Å². The number of aromatic nitrogens is 2. The van der Waals surface area contributed by atoms with Crippen LogP contribution >= 0.6 is 0 Å². The molecular weight excluding hydrogens is 326 g/mol. The molecule has 1 amide bonds. The molecule has 0 aliphatic heterocycles. The van der Waals surface area contributed by atoms with Crippen LogP contribution in [0.15, 0.2) is 61.2 Å². The van der Waals surface area contributed by atoms with Crippen LogP contribution in [-0.2, 0) is 6.54 Å². The van der Waals surface area contributed by atoms with Gasteiger partial charge in [0.2, 0.25) is 0 Å². The van der Waals surface area contributed by atoms with Crippen LogP contribution in [-0.4, -0.2) is 15.9 Å². The summed E-state index contributed by atoms with van der Waals surface area (Å²) in [6.07, 6.45) is 6.23. The summed E-state index contributed by atoms with van der Waals surface area (Å²) in [5.41, 5.74) is 2.06. The highest BCUT2D eigenvalue weighted by molar-refractivity contribution is 5.94. The highest BCUT2D eigenvalue weighted by atomic mass is 19.2. The van der Waals surface area contributed by atoms with Gasteiger partial charge in [-0.05, 0) is 29.8 Å². The molecule has 0 saturated carbocycles. The molecule has 0 spiro atoms. The lowest BCUT2D eigenvalue weighted by Crippen LogP contribution is -2.23. The normalized spacial score (nSPS) is 10.3. The zero-order valence-corrected chi connectivity index (χ0v) is 13.0. The Hall–Kier alpha value is -3.35. The molecule has 0 aliphatic carbocycles. The van der Waals surface area contributed by atoms with Crippen molar-refractivity contribution in [3.63, 3.8) is 0 Å². The van der Waals surface area contributed by atoms with Gasteiger partial charge in [-0.1, -0.05) is 6.07 Å². The minimum Gasteiger partial charge on any atom is -0.354 e. The number of anilines is 2. The molecule has 2 aromatic heterocycles. The molecule has 3 rings (SSSR count). The third kappa shape index (κ3) is 4.35. The molecule has 0 aliphatic rings. The summed E-state index contributed by atoms with van der Waals surface area (Å²) in [6, 6.07) is 8.67. The van der Waals surface area contributed by atoms with Crippen molar-refractivity contribution in [2.75, 3.05) is 5.32 Å². The highest BCUT2D eigenvalue weighted by Gasteiger charge is 2.08. The summed E-state index contributed by atoms with van der Waals surface area (Å²) in [4.78, 5) is 20.2. The van der Waals surface area contributed by atoms with Crippen LogP contribution in [0.3, 0.4) is 0 Å². The van der Waals surface area contributed by atoms with E-state index >= 15 is 0 Å². The lowest BCUT2D eigenvalue weighted by Gasteiger charge is -2.09. The monoisotopic (exact) mass is 340 g/mol. The lowest BCUT2D eigenvalue weighted by molar-refractivity contribution is 0.0950. The van der Waals surface area contributed by atoms with Gasteiger partial charge < -0.3 is 10.6 Å². The summed E-state index contributed by atoms with van der Waals surface area (Å²) < 4.78 is 26.2. The van der Waals surface area contributed by atoms with Crippen LogP contribution in [0.2, 0.25) is 0 Å². The number of benzene rings is 1. The van der Waals surface area contributed by atoms with E-state index in [1.165, 1.54) is 18.5 Å². The summed E-state index contributed by atoms with van der Waals surface area (Å²) in [6.45, 7) is 0.341. The van der Waals surface area contributed by atoms with Crippen LogP contribution < -0.4 is 10.6 Å². The van der Waals surface area contributed by atoms with E-state index in [-0.39, 0.29) is 5.91 Å². The van der Waals surface area contributed by atoms with Crippen LogP contribution in [0.5, 0.6) is 0 Å². The van der Waals surface area contributed by atoms with E-state index in [1.54, 1.807) is 24.5 Å². The van der Waals surface area contributed by atoms with Gasteiger partial charge >= 0.3 is 0 Å². The number of nitrogens with one attached hydrogen (secondary N) is 2. The van der Waals surface area contributed by atoms with Crippen LogP contribution in [0.1, 0.15) is 15.9 Å². The number of hydrogen-bond donors (Lipinski definition) is 2. The standard InChI is InChI=1S/C18H14F2N4O/c19-16-4-3-14(7-17(16)20)24-15-6-13(10-22-11-15)18(25)23-9-12-2-1-5-21-8-12/h1-8,10-11,24H,9H2,(H,23,25). The number of rotatable bonds is 5. The first-order chi connectivity index (χ1) is 12.1. The van der Waals surface area contributed by atoms with E-state index in [0.29, 0.717) is 23.5 Å². The highest BCUT2D eigenvalue weighted by Crippen LogP contribution is 2.19. The van der Waals surface area contributed by atoms with Crippen molar-refractivity contribution in [3.05, 3.63) is 83.9 Å². The molecule has 0 bridgehead atoms. The van der Waals surface area contributed by atoms with Gasteiger partial charge in [-0.3, -0.25) is 14.8 Å². The first-order valence-electron chi connectivity index (χ1n) is 7.46. The third-order valence-electron chi connectivity index (χ3n) is 3.38. The van der Waals surface area contributed by atoms with E-state index in [0.717, 1.165) is 17.7 Å². The average molecular weight is 340 g/mol. The molecule has 5 nitrogen and oxygen atoms in total. The van der Waals surface area contributed by atoms with Crippen molar-refractivity contribution in [3.8, 4) is 0 Å². The van der Waals surface area contributed by atoms with Crippen molar-refractivity contribution in [2.45, 2.75) is 6.54 Å². The van der Waals surface area contributed by atoms with Crippen molar-refractivity contribution >= 4 is 17.3 Å². The van der Waals surface area contributed by atoms with Crippen molar-refractivity contribution in [2.24, 2.45) is 0 Å². The number of hydrogen-bond acceptors (Lipinski definition) is 4. The zero-order valence-electron chi connectivity index (χ0n) is 13.0. The van der Waals surface area contributed by atoms with E-state index in [9.17, 15) is 13.6 Å². The SMILES string of the molecule is O=C(NCc1cccnc1)c1cncc(Nc2ccc(F)c(F)c2)c1.